The normalized spacial score (nSPS) is 22.0. The second-order valence-corrected chi connectivity index (χ2v) is 9.86. The van der Waals surface area contributed by atoms with Gasteiger partial charge in [0.15, 0.2) is 11.5 Å². The monoisotopic (exact) mass is 481 g/mol. The summed E-state index contributed by atoms with van der Waals surface area (Å²) < 4.78 is 10.7. The molecule has 4 rings (SSSR count). The molecule has 2 aromatic rings. The average molecular weight is 482 g/mol. The number of nitrogens with one attached hydrogen (secondary N) is 1. The highest BCUT2D eigenvalue weighted by molar-refractivity contribution is 5.79. The van der Waals surface area contributed by atoms with Crippen LogP contribution in [0.15, 0.2) is 42.7 Å². The van der Waals surface area contributed by atoms with Gasteiger partial charge < -0.3 is 24.6 Å². The number of carbonyl (C=O) groups excluding carboxylic acids is 1. The molecule has 0 aliphatic carbocycles. The lowest BCUT2D eigenvalue weighted by Gasteiger charge is -2.41. The smallest absolute Gasteiger partial charge is 0.224 e. The SMILES string of the molecule is COc1ccc(CNC(=O)[C@@H]2C[C@H](CN3CCN(C)CC3)CN(Cc3ccncc3)C2)cc1OC. The Balaban J connectivity index is 1.39. The Kier molecular flexibility index (Phi) is 8.95. The Morgan fingerprint density at radius 2 is 1.71 bits per heavy atom. The van der Waals surface area contributed by atoms with Gasteiger partial charge in [0.1, 0.15) is 0 Å². The molecule has 2 atom stereocenters. The molecule has 2 aliphatic heterocycles. The van der Waals surface area contributed by atoms with Gasteiger partial charge in [-0.3, -0.25) is 14.7 Å². The van der Waals surface area contributed by atoms with Crippen molar-refractivity contribution in [3.63, 3.8) is 0 Å². The van der Waals surface area contributed by atoms with Crippen LogP contribution in [0.1, 0.15) is 17.5 Å². The molecular formula is C27H39N5O3. The summed E-state index contributed by atoms with van der Waals surface area (Å²) in [6.07, 6.45) is 4.61. The maximum Gasteiger partial charge on any atom is 0.224 e. The van der Waals surface area contributed by atoms with Crippen LogP contribution >= 0.6 is 0 Å². The van der Waals surface area contributed by atoms with E-state index in [0.29, 0.717) is 24.0 Å². The number of hydrogen-bond acceptors (Lipinski definition) is 7. The Morgan fingerprint density at radius 1 is 0.971 bits per heavy atom. The number of amides is 1. The van der Waals surface area contributed by atoms with E-state index < -0.39 is 0 Å². The lowest BCUT2D eigenvalue weighted by atomic mass is 9.87. The summed E-state index contributed by atoms with van der Waals surface area (Å²) in [6.45, 7) is 8.62. The van der Waals surface area contributed by atoms with Gasteiger partial charge >= 0.3 is 0 Å². The molecule has 8 heteroatoms. The zero-order valence-electron chi connectivity index (χ0n) is 21.3. The van der Waals surface area contributed by atoms with Crippen LogP contribution in [0.5, 0.6) is 11.5 Å². The number of ether oxygens (including phenoxy) is 2. The Morgan fingerprint density at radius 3 is 2.43 bits per heavy atom. The topological polar surface area (TPSA) is 70.2 Å². The number of piperidine rings is 1. The van der Waals surface area contributed by atoms with Crippen molar-refractivity contribution >= 4 is 5.91 Å². The number of rotatable bonds is 9. The number of piperazine rings is 1. The predicted molar refractivity (Wildman–Crippen MR) is 136 cm³/mol. The van der Waals surface area contributed by atoms with Crippen LogP contribution in [0.25, 0.3) is 0 Å². The van der Waals surface area contributed by atoms with E-state index in [4.69, 9.17) is 9.47 Å². The molecule has 2 saturated heterocycles. The number of carbonyl (C=O) groups is 1. The highest BCUT2D eigenvalue weighted by Crippen LogP contribution is 2.28. The fourth-order valence-corrected chi connectivity index (χ4v) is 5.22. The van der Waals surface area contributed by atoms with E-state index in [9.17, 15) is 4.79 Å². The number of methoxy groups -OCH3 is 2. The van der Waals surface area contributed by atoms with Gasteiger partial charge in [-0.15, -0.1) is 0 Å². The first-order chi connectivity index (χ1) is 17.0. The molecule has 1 N–H and O–H groups in total. The minimum absolute atomic E-state index is 0.0248. The number of likely N-dealkylation sites (tertiary alicyclic amines) is 1. The van der Waals surface area contributed by atoms with Crippen LogP contribution in [0.4, 0.5) is 0 Å². The van der Waals surface area contributed by atoms with Crippen LogP contribution < -0.4 is 14.8 Å². The Hall–Kier alpha value is -2.68. The highest BCUT2D eigenvalue weighted by atomic mass is 16.5. The summed E-state index contributed by atoms with van der Waals surface area (Å²) in [5.74, 6) is 1.94. The van der Waals surface area contributed by atoms with Gasteiger partial charge in [0.25, 0.3) is 0 Å². The first-order valence-corrected chi connectivity index (χ1v) is 12.5. The van der Waals surface area contributed by atoms with Crippen molar-refractivity contribution in [1.29, 1.82) is 0 Å². The lowest BCUT2D eigenvalue weighted by molar-refractivity contribution is -0.128. The van der Waals surface area contributed by atoms with E-state index >= 15 is 0 Å². The molecule has 2 fully saturated rings. The molecular weight excluding hydrogens is 442 g/mol. The van der Waals surface area contributed by atoms with Crippen LogP contribution in [0.2, 0.25) is 0 Å². The molecule has 0 bridgehead atoms. The van der Waals surface area contributed by atoms with Crippen LogP contribution in [0, 0.1) is 11.8 Å². The fourth-order valence-electron chi connectivity index (χ4n) is 5.22. The minimum atomic E-state index is -0.0248. The van der Waals surface area contributed by atoms with Crippen LogP contribution in [-0.4, -0.2) is 92.7 Å². The molecule has 3 heterocycles. The summed E-state index contributed by atoms with van der Waals surface area (Å²) in [7, 11) is 5.44. The minimum Gasteiger partial charge on any atom is -0.493 e. The zero-order chi connectivity index (χ0) is 24.6. The van der Waals surface area contributed by atoms with Crippen molar-refractivity contribution in [2.45, 2.75) is 19.5 Å². The summed E-state index contributed by atoms with van der Waals surface area (Å²) >= 11 is 0. The van der Waals surface area contributed by atoms with E-state index in [1.54, 1.807) is 14.2 Å². The molecule has 0 unspecified atom stereocenters. The van der Waals surface area contributed by atoms with E-state index in [-0.39, 0.29) is 11.8 Å². The zero-order valence-corrected chi connectivity index (χ0v) is 21.3. The molecule has 2 aliphatic rings. The van der Waals surface area contributed by atoms with Crippen molar-refractivity contribution in [2.75, 3.05) is 67.1 Å². The third-order valence-electron chi connectivity index (χ3n) is 7.17. The number of hydrogen-bond donors (Lipinski definition) is 1. The maximum absolute atomic E-state index is 13.3. The number of aromatic nitrogens is 1. The maximum atomic E-state index is 13.3. The second-order valence-electron chi connectivity index (χ2n) is 9.86. The third kappa shape index (κ3) is 7.16. The molecule has 8 nitrogen and oxygen atoms in total. The van der Waals surface area contributed by atoms with E-state index in [1.807, 2.05) is 30.6 Å². The summed E-state index contributed by atoms with van der Waals surface area (Å²) in [6, 6.07) is 9.90. The molecule has 0 saturated carbocycles. The van der Waals surface area contributed by atoms with Gasteiger partial charge in [0.2, 0.25) is 5.91 Å². The van der Waals surface area contributed by atoms with Crippen molar-refractivity contribution in [1.82, 2.24) is 25.0 Å². The quantitative estimate of drug-likeness (QED) is 0.588. The number of likely N-dealkylation sites (N-methyl/N-ethyl adjacent to an activating group) is 1. The van der Waals surface area contributed by atoms with Gasteiger partial charge in [-0.1, -0.05) is 6.07 Å². The molecule has 0 spiro atoms. The number of nitrogens with zero attached hydrogens (tertiary/aromatic N) is 4. The Labute approximate surface area is 209 Å². The largest absolute Gasteiger partial charge is 0.493 e. The van der Waals surface area contributed by atoms with Crippen molar-refractivity contribution in [3.8, 4) is 11.5 Å². The molecule has 0 radical (unpaired) electrons. The van der Waals surface area contributed by atoms with Gasteiger partial charge in [-0.2, -0.15) is 0 Å². The first-order valence-electron chi connectivity index (χ1n) is 12.5. The molecule has 190 valence electrons. The number of pyridine rings is 1. The van der Waals surface area contributed by atoms with Gasteiger partial charge in [-0.05, 0) is 54.8 Å². The predicted octanol–water partition coefficient (Wildman–Crippen LogP) is 2.10. The van der Waals surface area contributed by atoms with Crippen LogP contribution in [0.3, 0.4) is 0 Å². The van der Waals surface area contributed by atoms with Crippen molar-refractivity contribution < 1.29 is 14.3 Å². The van der Waals surface area contributed by atoms with Crippen molar-refractivity contribution in [2.24, 2.45) is 11.8 Å². The first kappa shape index (κ1) is 25.4. The molecule has 1 aromatic carbocycles. The van der Waals surface area contributed by atoms with Crippen molar-refractivity contribution in [3.05, 3.63) is 53.9 Å². The average Bonchev–Trinajstić information content (AvgIpc) is 2.89. The van der Waals surface area contributed by atoms with E-state index in [1.165, 1.54) is 5.56 Å². The van der Waals surface area contributed by atoms with Gasteiger partial charge in [0, 0.05) is 71.3 Å². The highest BCUT2D eigenvalue weighted by Gasteiger charge is 2.33. The van der Waals surface area contributed by atoms with Crippen LogP contribution in [-0.2, 0) is 17.9 Å². The van der Waals surface area contributed by atoms with Gasteiger partial charge in [0.05, 0.1) is 20.1 Å². The lowest BCUT2D eigenvalue weighted by Crippen LogP contribution is -2.51. The molecule has 1 amide bonds. The number of benzene rings is 1. The molecule has 35 heavy (non-hydrogen) atoms. The standard InChI is InChI=1S/C27H39N5O3/c1-30-10-12-31(13-11-30)18-23-14-24(20-32(19-23)17-21-6-8-28-9-7-21)27(33)29-16-22-4-5-25(34-2)26(15-22)35-3/h4-9,15,23-24H,10-14,16-20H2,1-3H3,(H,29,33)/t23-,24-/m1/s1. The summed E-state index contributed by atoms with van der Waals surface area (Å²) in [4.78, 5) is 24.8. The van der Waals surface area contributed by atoms with E-state index in [2.05, 4.69) is 44.2 Å². The van der Waals surface area contributed by atoms with Gasteiger partial charge in [-0.25, -0.2) is 0 Å². The van der Waals surface area contributed by atoms with E-state index in [0.717, 1.165) is 64.3 Å². The fraction of sp³-hybridized carbons (Fsp3) is 0.556. The second kappa shape index (κ2) is 12.3. The Bertz CT molecular complexity index is 949. The molecule has 1 aromatic heterocycles. The third-order valence-corrected chi connectivity index (χ3v) is 7.17. The summed E-state index contributed by atoms with van der Waals surface area (Å²) in [5, 5.41) is 3.18. The summed E-state index contributed by atoms with van der Waals surface area (Å²) in [5.41, 5.74) is 2.24.